The smallest absolute Gasteiger partial charge is 0.323 e. The number of benzene rings is 3. The van der Waals surface area contributed by atoms with Crippen LogP contribution in [0, 0.1) is 0 Å². The second-order valence-electron chi connectivity index (χ2n) is 11.4. The molecule has 2 aromatic heterocycles. The van der Waals surface area contributed by atoms with Crippen LogP contribution in [0.1, 0.15) is 71.1 Å². The van der Waals surface area contributed by atoms with Crippen LogP contribution in [0.4, 0.5) is 34.9 Å². The Kier molecular flexibility index (Phi) is 13.9. The number of para-hydroxylation sites is 1. The van der Waals surface area contributed by atoms with Gasteiger partial charge in [-0.2, -0.15) is 23.4 Å². The predicted molar refractivity (Wildman–Crippen MR) is 192 cm³/mol. The zero-order valence-electron chi connectivity index (χ0n) is 27.2. The third-order valence-electron chi connectivity index (χ3n) is 7.40. The first-order chi connectivity index (χ1) is 23.2. The zero-order valence-corrected chi connectivity index (χ0v) is 28.0. The third kappa shape index (κ3) is 12.1. The summed E-state index contributed by atoms with van der Waals surface area (Å²) < 4.78 is 31.7. The Morgan fingerprint density at radius 3 is 1.67 bits per heavy atom. The number of hydrogen-bond donors (Lipinski definition) is 7. The highest BCUT2D eigenvalue weighted by molar-refractivity contribution is 7.85. The van der Waals surface area contributed by atoms with E-state index in [1.54, 1.807) is 18.2 Å². The first kappa shape index (κ1) is 36.1. The van der Waals surface area contributed by atoms with Crippen LogP contribution >= 0.6 is 0 Å². The average Bonchev–Trinajstić information content (AvgIpc) is 3.44. The standard InChI is InChI=1S/C22H18N8O4S.C12H27N/c31-22-26-17-11-8-15(12-18(17)27-22)25-21-29-19(23-13-4-2-1-3-5-13)28-20(30-21)24-14-6-9-16(10-7-14)35(32,33)34;1-2-3-4-5-6-7-8-9-10-11-12-13/h1-12H,(H2,26,27,31)(H,32,33,34)(H3,23,24,25,28,29,30);2-13H2,1H3. The maximum atomic E-state index is 11.5. The largest absolute Gasteiger partial charge is 0.330 e. The van der Waals surface area contributed by atoms with E-state index in [-0.39, 0.29) is 28.4 Å². The van der Waals surface area contributed by atoms with Crippen LogP contribution in [-0.2, 0) is 10.1 Å². The van der Waals surface area contributed by atoms with E-state index in [9.17, 15) is 17.8 Å². The number of unbranched alkanes of at least 4 members (excludes halogenated alkanes) is 9. The molecule has 13 nitrogen and oxygen atoms in total. The number of hydrogen-bond acceptors (Lipinski definition) is 10. The maximum absolute atomic E-state index is 11.5. The van der Waals surface area contributed by atoms with Crippen LogP contribution in [0.25, 0.3) is 11.0 Å². The molecule has 0 bridgehead atoms. The monoisotopic (exact) mass is 675 g/mol. The van der Waals surface area contributed by atoms with E-state index in [4.69, 9.17) is 5.73 Å². The molecule has 0 amide bonds. The Bertz CT molecular complexity index is 1850. The highest BCUT2D eigenvalue weighted by atomic mass is 32.2. The van der Waals surface area contributed by atoms with Gasteiger partial charge in [0.2, 0.25) is 17.8 Å². The molecule has 0 unspecified atom stereocenters. The van der Waals surface area contributed by atoms with E-state index in [0.29, 0.717) is 22.4 Å². The summed E-state index contributed by atoms with van der Waals surface area (Å²) in [4.78, 5) is 29.9. The second-order valence-corrected chi connectivity index (χ2v) is 12.8. The molecule has 14 heteroatoms. The molecule has 48 heavy (non-hydrogen) atoms. The summed E-state index contributed by atoms with van der Waals surface area (Å²) in [6.07, 6.45) is 13.9. The Labute approximate surface area is 281 Å². The minimum absolute atomic E-state index is 0.177. The number of imidazole rings is 1. The van der Waals surface area contributed by atoms with E-state index in [1.807, 2.05) is 30.3 Å². The topological polar surface area (TPSA) is 204 Å². The summed E-state index contributed by atoms with van der Waals surface area (Å²) >= 11 is 0. The SMILES string of the molecule is CCCCCCCCCCCCN.O=c1[nH]c2ccc(Nc3nc(Nc4ccccc4)nc(Nc4ccc(S(=O)(=O)O)cc4)n3)cc2[nH]1. The highest BCUT2D eigenvalue weighted by Gasteiger charge is 2.12. The van der Waals surface area contributed by atoms with Gasteiger partial charge in [0.05, 0.1) is 15.9 Å². The van der Waals surface area contributed by atoms with E-state index < -0.39 is 10.1 Å². The number of aromatic amines is 2. The van der Waals surface area contributed by atoms with Crippen molar-refractivity contribution in [2.75, 3.05) is 22.5 Å². The average molecular weight is 676 g/mol. The van der Waals surface area contributed by atoms with Crippen LogP contribution in [0.2, 0.25) is 0 Å². The van der Waals surface area contributed by atoms with Crippen LogP contribution in [0.3, 0.4) is 0 Å². The van der Waals surface area contributed by atoms with Crippen molar-refractivity contribution >= 4 is 56.1 Å². The molecule has 256 valence electrons. The van der Waals surface area contributed by atoms with Gasteiger partial charge in [-0.3, -0.25) is 4.55 Å². The van der Waals surface area contributed by atoms with Crippen LogP contribution < -0.4 is 27.4 Å². The number of nitrogens with one attached hydrogen (secondary N) is 5. The van der Waals surface area contributed by atoms with Crippen molar-refractivity contribution in [3.63, 3.8) is 0 Å². The van der Waals surface area contributed by atoms with Gasteiger partial charge in [-0.15, -0.1) is 0 Å². The van der Waals surface area contributed by atoms with Gasteiger partial charge in [-0.25, -0.2) is 4.79 Å². The van der Waals surface area contributed by atoms with Crippen molar-refractivity contribution in [2.45, 2.75) is 76.0 Å². The molecular weight excluding hydrogens is 631 g/mol. The molecule has 5 aromatic rings. The van der Waals surface area contributed by atoms with E-state index in [0.717, 1.165) is 12.2 Å². The quantitative estimate of drug-likeness (QED) is 0.0382. The van der Waals surface area contributed by atoms with Crippen molar-refractivity contribution < 1.29 is 13.0 Å². The molecule has 3 aromatic carbocycles. The van der Waals surface area contributed by atoms with Gasteiger partial charge in [0, 0.05) is 17.1 Å². The van der Waals surface area contributed by atoms with Gasteiger partial charge in [-0.05, 0) is 67.6 Å². The predicted octanol–water partition coefficient (Wildman–Crippen LogP) is 7.38. The molecule has 0 atom stereocenters. The molecule has 0 radical (unpaired) electrons. The minimum Gasteiger partial charge on any atom is -0.330 e. The van der Waals surface area contributed by atoms with Crippen molar-refractivity contribution in [2.24, 2.45) is 5.73 Å². The van der Waals surface area contributed by atoms with Gasteiger partial charge in [0.15, 0.2) is 0 Å². The molecule has 0 spiro atoms. The third-order valence-corrected chi connectivity index (χ3v) is 8.27. The summed E-state index contributed by atoms with van der Waals surface area (Å²) in [5.41, 5.74) is 8.29. The van der Waals surface area contributed by atoms with Crippen molar-refractivity contribution in [1.82, 2.24) is 24.9 Å². The lowest BCUT2D eigenvalue weighted by Gasteiger charge is -2.12. The lowest BCUT2D eigenvalue weighted by molar-refractivity contribution is 0.483. The number of H-pyrrole nitrogens is 2. The summed E-state index contributed by atoms with van der Waals surface area (Å²) in [5.74, 6) is 0.645. The summed E-state index contributed by atoms with van der Waals surface area (Å²) in [6, 6.07) is 20.0. The van der Waals surface area contributed by atoms with E-state index >= 15 is 0 Å². The number of anilines is 6. The number of nitrogens with two attached hydrogens (primary N) is 1. The zero-order chi connectivity index (χ0) is 34.2. The van der Waals surface area contributed by atoms with Crippen molar-refractivity contribution in [3.05, 3.63) is 83.3 Å². The first-order valence-electron chi connectivity index (χ1n) is 16.4. The highest BCUT2D eigenvalue weighted by Crippen LogP contribution is 2.23. The minimum atomic E-state index is -4.30. The van der Waals surface area contributed by atoms with Crippen molar-refractivity contribution in [1.29, 1.82) is 0 Å². The molecule has 2 heterocycles. The van der Waals surface area contributed by atoms with Gasteiger partial charge >= 0.3 is 5.69 Å². The summed E-state index contributed by atoms with van der Waals surface area (Å²) in [7, 11) is -4.30. The number of nitrogens with zero attached hydrogens (tertiary/aromatic N) is 3. The van der Waals surface area contributed by atoms with E-state index in [1.165, 1.54) is 88.5 Å². The number of fused-ring (bicyclic) bond motifs is 1. The Hall–Kier alpha value is -4.79. The van der Waals surface area contributed by atoms with Gasteiger partial charge in [0.25, 0.3) is 10.1 Å². The lowest BCUT2D eigenvalue weighted by Crippen LogP contribution is -2.07. The van der Waals surface area contributed by atoms with Crippen LogP contribution in [0.15, 0.2) is 82.5 Å². The Balaban J connectivity index is 0.000000341. The Morgan fingerprint density at radius 1 is 0.646 bits per heavy atom. The molecule has 8 N–H and O–H groups in total. The van der Waals surface area contributed by atoms with Gasteiger partial charge < -0.3 is 31.7 Å². The fourth-order valence-corrected chi connectivity index (χ4v) is 5.38. The molecule has 0 fully saturated rings. The molecular formula is C34H45N9O4S. The Morgan fingerprint density at radius 2 is 1.12 bits per heavy atom. The fourth-order valence-electron chi connectivity index (χ4n) is 4.90. The molecule has 0 saturated heterocycles. The normalized spacial score (nSPS) is 11.1. The van der Waals surface area contributed by atoms with Gasteiger partial charge in [-0.1, -0.05) is 82.9 Å². The van der Waals surface area contributed by atoms with Crippen LogP contribution in [0.5, 0.6) is 0 Å². The van der Waals surface area contributed by atoms with Crippen molar-refractivity contribution in [3.8, 4) is 0 Å². The van der Waals surface area contributed by atoms with E-state index in [2.05, 4.69) is 47.8 Å². The molecule has 5 rings (SSSR count). The number of aromatic nitrogens is 5. The lowest BCUT2D eigenvalue weighted by atomic mass is 10.1. The van der Waals surface area contributed by atoms with Gasteiger partial charge in [0.1, 0.15) is 0 Å². The second kappa shape index (κ2) is 18.5. The number of rotatable bonds is 17. The van der Waals surface area contributed by atoms with Crippen LogP contribution in [-0.4, -0.2) is 44.4 Å². The maximum Gasteiger partial charge on any atom is 0.323 e. The first-order valence-corrected chi connectivity index (χ1v) is 17.8. The summed E-state index contributed by atoms with van der Waals surface area (Å²) in [5, 5.41) is 9.20. The summed E-state index contributed by atoms with van der Waals surface area (Å²) in [6.45, 7) is 3.14. The molecule has 0 saturated carbocycles. The molecule has 0 aliphatic carbocycles. The molecule has 0 aliphatic heterocycles. The molecule has 0 aliphatic rings. The fraction of sp³-hybridized carbons (Fsp3) is 0.353.